The Bertz CT molecular complexity index is 383. The summed E-state index contributed by atoms with van der Waals surface area (Å²) in [7, 11) is -1.50. The molecule has 0 saturated heterocycles. The zero-order chi connectivity index (χ0) is 12.6. The van der Waals surface area contributed by atoms with E-state index in [1.165, 1.54) is 0 Å². The lowest BCUT2D eigenvalue weighted by atomic mass is 10.3. The van der Waals surface area contributed by atoms with Crippen LogP contribution in [-0.4, -0.2) is 17.3 Å². The molecule has 0 saturated carbocycles. The molecule has 0 aliphatic heterocycles. The maximum absolute atomic E-state index is 13.4. The third-order valence-electron chi connectivity index (χ3n) is 2.67. The summed E-state index contributed by atoms with van der Waals surface area (Å²) in [5, 5.41) is 0. The highest BCUT2D eigenvalue weighted by Gasteiger charge is 2.30. The van der Waals surface area contributed by atoms with Crippen LogP contribution >= 0.6 is 10.3 Å². The second kappa shape index (κ2) is 4.24. The van der Waals surface area contributed by atoms with Crippen LogP contribution in [0.5, 0.6) is 5.75 Å². The summed E-state index contributed by atoms with van der Waals surface area (Å²) in [4.78, 5) is 0. The predicted octanol–water partition coefficient (Wildman–Crippen LogP) is 4.12. The fourth-order valence-corrected chi connectivity index (χ4v) is 1.72. The minimum absolute atomic E-state index is 0.00470. The van der Waals surface area contributed by atoms with E-state index in [2.05, 4.69) is 0 Å². The average Bonchev–Trinajstić information content (AvgIpc) is 2.09. The molecule has 0 amide bonds. The molecule has 0 aliphatic rings. The SMILES string of the molecule is CC(C)(C)S(C)(C)Oc1cc(F)ccc1F. The van der Waals surface area contributed by atoms with E-state index in [4.69, 9.17) is 4.18 Å². The molecule has 1 rings (SSSR count). The van der Waals surface area contributed by atoms with Crippen LogP contribution in [0.2, 0.25) is 0 Å². The first-order chi connectivity index (χ1) is 7.13. The molecule has 1 nitrogen and oxygen atoms in total. The molecule has 0 fully saturated rings. The Labute approximate surface area is 97.3 Å². The van der Waals surface area contributed by atoms with E-state index in [1.807, 2.05) is 33.3 Å². The summed E-state index contributed by atoms with van der Waals surface area (Å²) in [6, 6.07) is 3.26. The second-order valence-corrected chi connectivity index (χ2v) is 8.86. The van der Waals surface area contributed by atoms with Crippen molar-refractivity contribution < 1.29 is 13.0 Å². The van der Waals surface area contributed by atoms with Crippen molar-refractivity contribution in [2.75, 3.05) is 12.5 Å². The van der Waals surface area contributed by atoms with Crippen molar-refractivity contribution >= 4 is 10.3 Å². The zero-order valence-corrected chi connectivity index (χ0v) is 11.1. The fourth-order valence-electron chi connectivity index (χ4n) is 0.891. The highest BCUT2D eigenvalue weighted by molar-refractivity contribution is 8.30. The van der Waals surface area contributed by atoms with Gasteiger partial charge in [-0.25, -0.2) is 8.78 Å². The Morgan fingerprint density at radius 1 is 1.12 bits per heavy atom. The largest absolute Gasteiger partial charge is 0.446 e. The summed E-state index contributed by atoms with van der Waals surface area (Å²) in [5.74, 6) is -1.01. The van der Waals surface area contributed by atoms with E-state index in [0.29, 0.717) is 0 Å². The van der Waals surface area contributed by atoms with Crippen molar-refractivity contribution in [2.24, 2.45) is 0 Å². The number of benzene rings is 1. The van der Waals surface area contributed by atoms with Crippen molar-refractivity contribution in [3.05, 3.63) is 29.8 Å². The molecule has 1 aromatic rings. The Morgan fingerprint density at radius 2 is 1.69 bits per heavy atom. The van der Waals surface area contributed by atoms with Gasteiger partial charge in [0.05, 0.1) is 0 Å². The maximum Gasteiger partial charge on any atom is 0.173 e. The molecule has 0 N–H and O–H groups in total. The van der Waals surface area contributed by atoms with Crippen molar-refractivity contribution in [1.82, 2.24) is 0 Å². The van der Waals surface area contributed by atoms with Gasteiger partial charge in [-0.1, -0.05) is 10.3 Å². The lowest BCUT2D eigenvalue weighted by molar-refractivity contribution is 0.508. The van der Waals surface area contributed by atoms with Gasteiger partial charge in [0, 0.05) is 10.8 Å². The standard InChI is InChI=1S/C12H18F2OS/c1-12(2,3)16(4,5)15-11-8-9(13)6-7-10(11)14/h6-8H,1-5H3. The molecule has 0 bridgehead atoms. The zero-order valence-electron chi connectivity index (χ0n) is 10.3. The summed E-state index contributed by atoms with van der Waals surface area (Å²) < 4.78 is 31.9. The number of hydrogen-bond acceptors (Lipinski definition) is 1. The van der Waals surface area contributed by atoms with Crippen LogP contribution in [-0.2, 0) is 0 Å². The van der Waals surface area contributed by atoms with Crippen LogP contribution in [0.15, 0.2) is 18.2 Å². The number of hydrogen-bond donors (Lipinski definition) is 0. The first-order valence-electron chi connectivity index (χ1n) is 5.01. The summed E-state index contributed by atoms with van der Waals surface area (Å²) in [6.45, 7) is 6.08. The predicted molar refractivity (Wildman–Crippen MR) is 66.2 cm³/mol. The topological polar surface area (TPSA) is 9.23 Å². The lowest BCUT2D eigenvalue weighted by Gasteiger charge is -2.43. The van der Waals surface area contributed by atoms with Crippen molar-refractivity contribution in [3.8, 4) is 5.75 Å². The minimum Gasteiger partial charge on any atom is -0.446 e. The van der Waals surface area contributed by atoms with Crippen LogP contribution in [0.3, 0.4) is 0 Å². The average molecular weight is 248 g/mol. The van der Waals surface area contributed by atoms with Gasteiger partial charge < -0.3 is 4.18 Å². The van der Waals surface area contributed by atoms with Gasteiger partial charge in [-0.2, -0.15) is 0 Å². The minimum atomic E-state index is -1.50. The van der Waals surface area contributed by atoms with Gasteiger partial charge in [-0.3, -0.25) is 0 Å². The van der Waals surface area contributed by atoms with Crippen LogP contribution in [0.1, 0.15) is 20.8 Å². The molecular formula is C12H18F2OS. The van der Waals surface area contributed by atoms with Gasteiger partial charge in [-0.15, -0.1) is 0 Å². The van der Waals surface area contributed by atoms with Gasteiger partial charge in [0.1, 0.15) is 5.82 Å². The molecule has 0 aliphatic carbocycles. The Morgan fingerprint density at radius 3 is 2.19 bits per heavy atom. The molecule has 0 aromatic heterocycles. The smallest absolute Gasteiger partial charge is 0.173 e. The Hall–Kier alpha value is -0.770. The number of rotatable bonds is 2. The van der Waals surface area contributed by atoms with Crippen molar-refractivity contribution in [1.29, 1.82) is 0 Å². The third-order valence-corrected chi connectivity index (χ3v) is 6.21. The van der Waals surface area contributed by atoms with Crippen LogP contribution in [0.25, 0.3) is 0 Å². The molecule has 4 heteroatoms. The van der Waals surface area contributed by atoms with Gasteiger partial charge in [0.25, 0.3) is 0 Å². The Kier molecular flexibility index (Phi) is 3.53. The molecule has 0 spiro atoms. The third kappa shape index (κ3) is 2.88. The van der Waals surface area contributed by atoms with Gasteiger partial charge in [0.2, 0.25) is 0 Å². The van der Waals surface area contributed by atoms with E-state index in [-0.39, 0.29) is 10.5 Å². The molecule has 0 radical (unpaired) electrons. The lowest BCUT2D eigenvalue weighted by Crippen LogP contribution is -2.27. The van der Waals surface area contributed by atoms with E-state index in [0.717, 1.165) is 18.2 Å². The first-order valence-corrected chi connectivity index (χ1v) is 7.38. The van der Waals surface area contributed by atoms with E-state index in [1.54, 1.807) is 0 Å². The summed E-state index contributed by atoms with van der Waals surface area (Å²) >= 11 is 0. The van der Waals surface area contributed by atoms with Crippen LogP contribution in [0, 0.1) is 11.6 Å². The number of halogens is 2. The van der Waals surface area contributed by atoms with Gasteiger partial charge in [-0.05, 0) is 45.4 Å². The van der Waals surface area contributed by atoms with E-state index >= 15 is 0 Å². The second-order valence-electron chi connectivity index (χ2n) is 5.00. The summed E-state index contributed by atoms with van der Waals surface area (Å²) in [6.07, 6.45) is 3.88. The molecule has 0 unspecified atom stereocenters. The molecular weight excluding hydrogens is 230 g/mol. The van der Waals surface area contributed by atoms with Crippen LogP contribution in [0.4, 0.5) is 8.78 Å². The van der Waals surface area contributed by atoms with E-state index < -0.39 is 21.9 Å². The highest BCUT2D eigenvalue weighted by atomic mass is 32.3. The molecule has 16 heavy (non-hydrogen) atoms. The normalized spacial score (nSPS) is 13.7. The van der Waals surface area contributed by atoms with Crippen molar-refractivity contribution in [2.45, 2.75) is 25.5 Å². The summed E-state index contributed by atoms with van der Waals surface area (Å²) in [5.41, 5.74) is 0. The van der Waals surface area contributed by atoms with Crippen molar-refractivity contribution in [3.63, 3.8) is 0 Å². The molecule has 0 heterocycles. The van der Waals surface area contributed by atoms with Gasteiger partial charge >= 0.3 is 0 Å². The fraction of sp³-hybridized carbons (Fsp3) is 0.500. The molecule has 92 valence electrons. The van der Waals surface area contributed by atoms with E-state index in [9.17, 15) is 8.78 Å². The monoisotopic (exact) mass is 248 g/mol. The van der Waals surface area contributed by atoms with Gasteiger partial charge in [0.15, 0.2) is 11.6 Å². The Balaban J connectivity index is 3.01. The van der Waals surface area contributed by atoms with Crippen LogP contribution < -0.4 is 4.18 Å². The maximum atomic E-state index is 13.4. The highest BCUT2D eigenvalue weighted by Crippen LogP contribution is 2.53. The molecule has 0 atom stereocenters. The first kappa shape index (κ1) is 13.3. The molecule has 1 aromatic carbocycles. The quantitative estimate of drug-likeness (QED) is 0.765.